The quantitative estimate of drug-likeness (QED) is 0.686. The molecule has 1 unspecified atom stereocenters. The second-order valence-corrected chi connectivity index (χ2v) is 4.91. The molecule has 0 amide bonds. The minimum Gasteiger partial charge on any atom is -0.126 e. The molecular formula is C12H16S. The molecule has 13 heavy (non-hydrogen) atoms. The van der Waals surface area contributed by atoms with Gasteiger partial charge in [-0.25, -0.2) is 0 Å². The fourth-order valence-electron chi connectivity index (χ4n) is 1.73. The van der Waals surface area contributed by atoms with Crippen molar-refractivity contribution in [3.8, 4) is 0 Å². The molecule has 1 heteroatoms. The average molecular weight is 192 g/mol. The molecule has 0 aliphatic carbocycles. The van der Waals surface area contributed by atoms with E-state index >= 15 is 0 Å². The van der Waals surface area contributed by atoms with Crippen molar-refractivity contribution in [1.82, 2.24) is 0 Å². The van der Waals surface area contributed by atoms with Gasteiger partial charge >= 0.3 is 0 Å². The number of benzene rings is 1. The van der Waals surface area contributed by atoms with Gasteiger partial charge in [0, 0.05) is 10.6 Å². The SMILES string of the molecule is CCC(C)c1ccc2c(c1)SCC2. The van der Waals surface area contributed by atoms with Gasteiger partial charge in [-0.3, -0.25) is 0 Å². The number of hydrogen-bond donors (Lipinski definition) is 0. The summed E-state index contributed by atoms with van der Waals surface area (Å²) in [6.45, 7) is 4.56. The van der Waals surface area contributed by atoms with Crippen molar-refractivity contribution in [2.45, 2.75) is 37.5 Å². The molecule has 70 valence electrons. The van der Waals surface area contributed by atoms with E-state index in [1.807, 2.05) is 11.8 Å². The summed E-state index contributed by atoms with van der Waals surface area (Å²) in [4.78, 5) is 1.53. The summed E-state index contributed by atoms with van der Waals surface area (Å²) in [5.74, 6) is 1.99. The fraction of sp³-hybridized carbons (Fsp3) is 0.500. The third-order valence-electron chi connectivity index (χ3n) is 2.90. The number of hydrogen-bond acceptors (Lipinski definition) is 1. The summed E-state index contributed by atoms with van der Waals surface area (Å²) in [6.07, 6.45) is 2.50. The first-order valence-corrected chi connectivity index (χ1v) is 6.05. The summed E-state index contributed by atoms with van der Waals surface area (Å²) in [7, 11) is 0. The van der Waals surface area contributed by atoms with Gasteiger partial charge in [0.1, 0.15) is 0 Å². The molecule has 0 nitrogen and oxygen atoms in total. The van der Waals surface area contributed by atoms with Gasteiger partial charge < -0.3 is 0 Å². The van der Waals surface area contributed by atoms with Crippen LogP contribution < -0.4 is 0 Å². The summed E-state index contributed by atoms with van der Waals surface area (Å²) >= 11 is 2.01. The Kier molecular flexibility index (Phi) is 2.63. The highest BCUT2D eigenvalue weighted by molar-refractivity contribution is 7.99. The van der Waals surface area contributed by atoms with E-state index in [2.05, 4.69) is 32.0 Å². The molecule has 1 aromatic rings. The second kappa shape index (κ2) is 3.75. The average Bonchev–Trinajstić information content (AvgIpc) is 2.63. The zero-order valence-corrected chi connectivity index (χ0v) is 9.16. The van der Waals surface area contributed by atoms with E-state index in [9.17, 15) is 0 Å². The monoisotopic (exact) mass is 192 g/mol. The van der Waals surface area contributed by atoms with Crippen LogP contribution in [0.1, 0.15) is 37.3 Å². The Morgan fingerprint density at radius 1 is 1.46 bits per heavy atom. The minimum absolute atomic E-state index is 0.714. The standard InChI is InChI=1S/C12H16S/c1-3-9(2)11-5-4-10-6-7-13-12(10)8-11/h4-5,8-9H,3,6-7H2,1-2H3. The Morgan fingerprint density at radius 3 is 3.08 bits per heavy atom. The smallest absolute Gasteiger partial charge is 0.0107 e. The lowest BCUT2D eigenvalue weighted by molar-refractivity contribution is 0.731. The lowest BCUT2D eigenvalue weighted by Crippen LogP contribution is -1.91. The number of rotatable bonds is 2. The van der Waals surface area contributed by atoms with Crippen LogP contribution in [0.15, 0.2) is 23.1 Å². The highest BCUT2D eigenvalue weighted by Gasteiger charge is 2.12. The summed E-state index contributed by atoms with van der Waals surface area (Å²) in [5, 5.41) is 0. The van der Waals surface area contributed by atoms with E-state index in [0.717, 1.165) is 0 Å². The van der Waals surface area contributed by atoms with Gasteiger partial charge in [-0.05, 0) is 36.0 Å². The van der Waals surface area contributed by atoms with E-state index in [0.29, 0.717) is 5.92 Å². The molecule has 1 atom stereocenters. The van der Waals surface area contributed by atoms with Crippen molar-refractivity contribution in [3.05, 3.63) is 29.3 Å². The maximum Gasteiger partial charge on any atom is 0.0107 e. The Bertz CT molecular complexity index is 304. The Morgan fingerprint density at radius 2 is 2.31 bits per heavy atom. The van der Waals surface area contributed by atoms with Gasteiger partial charge in [0.25, 0.3) is 0 Å². The van der Waals surface area contributed by atoms with Crippen LogP contribution in [0.4, 0.5) is 0 Å². The Balaban J connectivity index is 2.30. The minimum atomic E-state index is 0.714. The number of fused-ring (bicyclic) bond motifs is 1. The van der Waals surface area contributed by atoms with E-state index in [1.165, 1.54) is 29.1 Å². The highest BCUT2D eigenvalue weighted by Crippen LogP contribution is 2.33. The molecular weight excluding hydrogens is 176 g/mol. The number of thioether (sulfide) groups is 1. The third kappa shape index (κ3) is 1.76. The largest absolute Gasteiger partial charge is 0.126 e. The van der Waals surface area contributed by atoms with E-state index in [-0.39, 0.29) is 0 Å². The van der Waals surface area contributed by atoms with Crippen molar-refractivity contribution in [2.75, 3.05) is 5.75 Å². The van der Waals surface area contributed by atoms with Crippen LogP contribution in [0.5, 0.6) is 0 Å². The van der Waals surface area contributed by atoms with Crippen LogP contribution in [0.3, 0.4) is 0 Å². The van der Waals surface area contributed by atoms with Crippen molar-refractivity contribution < 1.29 is 0 Å². The van der Waals surface area contributed by atoms with Crippen LogP contribution in [0.25, 0.3) is 0 Å². The van der Waals surface area contributed by atoms with Crippen molar-refractivity contribution >= 4 is 11.8 Å². The molecule has 1 aromatic carbocycles. The number of aryl methyl sites for hydroxylation is 1. The van der Waals surface area contributed by atoms with Crippen molar-refractivity contribution in [3.63, 3.8) is 0 Å². The normalized spacial score (nSPS) is 17.1. The highest BCUT2D eigenvalue weighted by atomic mass is 32.2. The van der Waals surface area contributed by atoms with Gasteiger partial charge in [-0.2, -0.15) is 0 Å². The molecule has 1 aliphatic rings. The first-order chi connectivity index (χ1) is 6.31. The molecule has 0 saturated heterocycles. The van der Waals surface area contributed by atoms with Crippen LogP contribution in [-0.4, -0.2) is 5.75 Å². The third-order valence-corrected chi connectivity index (χ3v) is 4.00. The van der Waals surface area contributed by atoms with E-state index < -0.39 is 0 Å². The summed E-state index contributed by atoms with van der Waals surface area (Å²) in [5.41, 5.74) is 3.06. The molecule has 0 aromatic heterocycles. The van der Waals surface area contributed by atoms with Crippen molar-refractivity contribution in [1.29, 1.82) is 0 Å². The fourth-order valence-corrected chi connectivity index (χ4v) is 2.84. The van der Waals surface area contributed by atoms with Crippen LogP contribution in [-0.2, 0) is 6.42 Å². The second-order valence-electron chi connectivity index (χ2n) is 3.77. The predicted molar refractivity (Wildman–Crippen MR) is 59.6 cm³/mol. The maximum atomic E-state index is 2.39. The Labute approximate surface area is 84.7 Å². The predicted octanol–water partition coefficient (Wildman–Crippen LogP) is 3.85. The topological polar surface area (TPSA) is 0 Å². The van der Waals surface area contributed by atoms with Gasteiger partial charge in [-0.1, -0.05) is 26.0 Å². The van der Waals surface area contributed by atoms with Crippen LogP contribution in [0, 0.1) is 0 Å². The molecule has 0 N–H and O–H groups in total. The Hall–Kier alpha value is -0.430. The first kappa shape index (κ1) is 9.14. The lowest BCUT2D eigenvalue weighted by Gasteiger charge is -2.10. The molecule has 0 saturated carbocycles. The molecule has 0 spiro atoms. The first-order valence-electron chi connectivity index (χ1n) is 5.07. The molecule has 2 rings (SSSR count). The van der Waals surface area contributed by atoms with E-state index in [4.69, 9.17) is 0 Å². The molecule has 0 bridgehead atoms. The molecule has 1 heterocycles. The maximum absolute atomic E-state index is 2.39. The van der Waals surface area contributed by atoms with Gasteiger partial charge in [0.2, 0.25) is 0 Å². The molecule has 1 aliphatic heterocycles. The summed E-state index contributed by atoms with van der Waals surface area (Å²) in [6, 6.07) is 7.01. The lowest BCUT2D eigenvalue weighted by atomic mass is 9.97. The van der Waals surface area contributed by atoms with E-state index in [1.54, 1.807) is 5.56 Å². The zero-order valence-electron chi connectivity index (χ0n) is 8.34. The van der Waals surface area contributed by atoms with Crippen LogP contribution in [0.2, 0.25) is 0 Å². The van der Waals surface area contributed by atoms with Crippen molar-refractivity contribution in [2.24, 2.45) is 0 Å². The zero-order chi connectivity index (χ0) is 9.26. The molecule has 0 radical (unpaired) electrons. The van der Waals surface area contributed by atoms with Crippen LogP contribution >= 0.6 is 11.8 Å². The van der Waals surface area contributed by atoms with Gasteiger partial charge in [-0.15, -0.1) is 11.8 Å². The van der Waals surface area contributed by atoms with Gasteiger partial charge in [0.15, 0.2) is 0 Å². The van der Waals surface area contributed by atoms with Gasteiger partial charge in [0.05, 0.1) is 0 Å². The molecule has 0 fully saturated rings. The summed E-state index contributed by atoms with van der Waals surface area (Å²) < 4.78 is 0.